The van der Waals surface area contributed by atoms with Gasteiger partial charge in [0.2, 0.25) is 5.91 Å². The smallest absolute Gasteiger partial charge is 0.411 e. The van der Waals surface area contributed by atoms with Crippen LogP contribution in [0.1, 0.15) is 52.9 Å². The second-order valence-electron chi connectivity index (χ2n) is 10.1. The van der Waals surface area contributed by atoms with Crippen LogP contribution in [-0.2, 0) is 9.53 Å². The Morgan fingerprint density at radius 2 is 1.91 bits per heavy atom. The van der Waals surface area contributed by atoms with Gasteiger partial charge in [-0.2, -0.15) is 0 Å². The first kappa shape index (κ1) is 22.8. The van der Waals surface area contributed by atoms with Gasteiger partial charge in [-0.3, -0.25) is 19.6 Å². The zero-order valence-electron chi connectivity index (χ0n) is 19.5. The number of hydrogen-bond acceptors (Lipinski definition) is 6. The fraction of sp³-hybridized carbons (Fsp3) is 0.708. The minimum absolute atomic E-state index is 0.00334. The maximum Gasteiger partial charge on any atom is 0.411 e. The highest BCUT2D eigenvalue weighted by Crippen LogP contribution is 2.28. The lowest BCUT2D eigenvalue weighted by Gasteiger charge is -2.37. The van der Waals surface area contributed by atoms with E-state index in [4.69, 9.17) is 9.47 Å². The number of likely N-dealkylation sites (tertiary alicyclic amines) is 1. The molecule has 176 valence electrons. The van der Waals surface area contributed by atoms with Gasteiger partial charge in [-0.05, 0) is 52.2 Å². The first-order chi connectivity index (χ1) is 15.3. The molecule has 0 aromatic carbocycles. The van der Waals surface area contributed by atoms with Gasteiger partial charge < -0.3 is 14.4 Å². The number of pyridine rings is 1. The molecule has 1 aromatic rings. The third-order valence-corrected chi connectivity index (χ3v) is 6.55. The number of carbonyl (C=O) groups is 2. The van der Waals surface area contributed by atoms with Crippen LogP contribution >= 0.6 is 0 Å². The van der Waals surface area contributed by atoms with Crippen molar-refractivity contribution in [3.8, 4) is 5.75 Å². The van der Waals surface area contributed by atoms with Gasteiger partial charge in [0.1, 0.15) is 23.5 Å². The summed E-state index contributed by atoms with van der Waals surface area (Å²) in [6, 6.07) is 3.77. The molecule has 0 spiro atoms. The minimum atomic E-state index is -0.626. The summed E-state index contributed by atoms with van der Waals surface area (Å²) in [5.74, 6) is 0.643. The highest BCUT2D eigenvalue weighted by molar-refractivity contribution is 5.86. The Hall–Kier alpha value is -2.35. The van der Waals surface area contributed by atoms with E-state index >= 15 is 0 Å². The molecule has 1 saturated carbocycles. The second-order valence-corrected chi connectivity index (χ2v) is 10.1. The third kappa shape index (κ3) is 5.52. The van der Waals surface area contributed by atoms with Crippen molar-refractivity contribution in [2.45, 2.75) is 76.7 Å². The SMILES string of the molecule is CC(C)(C)OC(=O)N1C[C@@H](Oc2cccnc2)C[C@@H]1C(=O)N1CCCN(C2CCC2)CC1. The molecule has 0 N–H and O–H groups in total. The van der Waals surface area contributed by atoms with Crippen LogP contribution < -0.4 is 4.74 Å². The van der Waals surface area contributed by atoms with Crippen LogP contribution in [0.15, 0.2) is 24.5 Å². The van der Waals surface area contributed by atoms with E-state index in [1.54, 1.807) is 17.3 Å². The highest BCUT2D eigenvalue weighted by atomic mass is 16.6. The van der Waals surface area contributed by atoms with Crippen molar-refractivity contribution < 1.29 is 19.1 Å². The second kappa shape index (κ2) is 9.65. The molecule has 8 nitrogen and oxygen atoms in total. The van der Waals surface area contributed by atoms with E-state index in [2.05, 4.69) is 9.88 Å². The van der Waals surface area contributed by atoms with Crippen molar-refractivity contribution in [2.75, 3.05) is 32.7 Å². The molecule has 1 aliphatic carbocycles. The van der Waals surface area contributed by atoms with Crippen LogP contribution in [0.4, 0.5) is 4.79 Å². The van der Waals surface area contributed by atoms with Crippen LogP contribution in [0.5, 0.6) is 5.75 Å². The number of amides is 2. The molecule has 1 aromatic heterocycles. The standard InChI is InChI=1S/C24H36N4O4/c1-24(2,3)32-23(30)28-17-20(31-19-9-5-10-25-16-19)15-21(28)22(29)27-12-6-11-26(13-14-27)18-7-4-8-18/h5,9-10,16,18,20-21H,4,6-8,11-15,17H2,1-3H3/t20-,21+/m0/s1. The molecule has 32 heavy (non-hydrogen) atoms. The van der Waals surface area contributed by atoms with Crippen LogP contribution in [0.3, 0.4) is 0 Å². The van der Waals surface area contributed by atoms with Crippen LogP contribution in [0.25, 0.3) is 0 Å². The molecule has 0 radical (unpaired) electrons. The number of nitrogens with zero attached hydrogens (tertiary/aromatic N) is 4. The molecule has 2 atom stereocenters. The normalized spacial score (nSPS) is 25.2. The molecule has 3 heterocycles. The molecular formula is C24H36N4O4. The highest BCUT2D eigenvalue weighted by Gasteiger charge is 2.44. The van der Waals surface area contributed by atoms with Gasteiger partial charge in [0.05, 0.1) is 12.7 Å². The molecule has 2 saturated heterocycles. The van der Waals surface area contributed by atoms with Crippen molar-refractivity contribution in [3.63, 3.8) is 0 Å². The van der Waals surface area contributed by atoms with Gasteiger partial charge in [-0.15, -0.1) is 0 Å². The summed E-state index contributed by atoms with van der Waals surface area (Å²) in [4.78, 5) is 36.7. The Morgan fingerprint density at radius 3 is 2.56 bits per heavy atom. The number of ether oxygens (including phenoxy) is 2. The Labute approximate surface area is 190 Å². The average Bonchev–Trinajstić information content (AvgIpc) is 2.97. The van der Waals surface area contributed by atoms with E-state index < -0.39 is 17.7 Å². The average molecular weight is 445 g/mol. The molecule has 4 rings (SSSR count). The van der Waals surface area contributed by atoms with E-state index in [9.17, 15) is 9.59 Å². The predicted molar refractivity (Wildman–Crippen MR) is 120 cm³/mol. The quantitative estimate of drug-likeness (QED) is 0.711. The predicted octanol–water partition coefficient (Wildman–Crippen LogP) is 2.93. The minimum Gasteiger partial charge on any atom is -0.487 e. The van der Waals surface area contributed by atoms with Gasteiger partial charge in [-0.1, -0.05) is 6.42 Å². The maximum absolute atomic E-state index is 13.6. The zero-order valence-corrected chi connectivity index (χ0v) is 19.5. The molecule has 3 aliphatic rings. The summed E-state index contributed by atoms with van der Waals surface area (Å²) < 4.78 is 11.7. The van der Waals surface area contributed by atoms with E-state index in [0.29, 0.717) is 31.3 Å². The van der Waals surface area contributed by atoms with E-state index in [1.165, 1.54) is 19.3 Å². The lowest BCUT2D eigenvalue weighted by molar-refractivity contribution is -0.135. The van der Waals surface area contributed by atoms with Gasteiger partial charge in [0.25, 0.3) is 0 Å². The Balaban J connectivity index is 1.44. The number of carbonyl (C=O) groups excluding carboxylic acids is 2. The molecule has 2 aliphatic heterocycles. The number of rotatable bonds is 4. The van der Waals surface area contributed by atoms with E-state index in [0.717, 1.165) is 26.1 Å². The largest absolute Gasteiger partial charge is 0.487 e. The topological polar surface area (TPSA) is 75.2 Å². The van der Waals surface area contributed by atoms with Crippen molar-refractivity contribution in [3.05, 3.63) is 24.5 Å². The van der Waals surface area contributed by atoms with Gasteiger partial charge in [0, 0.05) is 44.8 Å². The summed E-state index contributed by atoms with van der Waals surface area (Å²) in [5, 5.41) is 0. The zero-order chi connectivity index (χ0) is 22.7. The molecular weight excluding hydrogens is 408 g/mol. The number of aromatic nitrogens is 1. The first-order valence-electron chi connectivity index (χ1n) is 11.9. The molecule has 3 fully saturated rings. The summed E-state index contributed by atoms with van der Waals surface area (Å²) in [5.41, 5.74) is -0.626. The summed E-state index contributed by atoms with van der Waals surface area (Å²) in [7, 11) is 0. The third-order valence-electron chi connectivity index (χ3n) is 6.55. The van der Waals surface area contributed by atoms with E-state index in [-0.39, 0.29) is 12.0 Å². The van der Waals surface area contributed by atoms with Crippen LogP contribution in [-0.4, -0.2) is 88.2 Å². The van der Waals surface area contributed by atoms with Gasteiger partial charge in [-0.25, -0.2) is 4.79 Å². The van der Waals surface area contributed by atoms with Gasteiger partial charge in [0.15, 0.2) is 0 Å². The Morgan fingerprint density at radius 1 is 1.09 bits per heavy atom. The summed E-state index contributed by atoms with van der Waals surface area (Å²) >= 11 is 0. The Bertz CT molecular complexity index is 793. The molecule has 0 bridgehead atoms. The van der Waals surface area contributed by atoms with Crippen molar-refractivity contribution in [2.24, 2.45) is 0 Å². The van der Waals surface area contributed by atoms with Crippen molar-refractivity contribution >= 4 is 12.0 Å². The van der Waals surface area contributed by atoms with Crippen molar-refractivity contribution in [1.82, 2.24) is 19.7 Å². The summed E-state index contributed by atoms with van der Waals surface area (Å²) in [6.45, 7) is 9.23. The fourth-order valence-electron chi connectivity index (χ4n) is 4.73. The molecule has 0 unspecified atom stereocenters. The lowest BCUT2D eigenvalue weighted by Crippen LogP contribution is -2.50. The number of hydrogen-bond donors (Lipinski definition) is 0. The fourth-order valence-corrected chi connectivity index (χ4v) is 4.73. The summed E-state index contributed by atoms with van der Waals surface area (Å²) in [6.07, 6.45) is 7.89. The maximum atomic E-state index is 13.6. The van der Waals surface area contributed by atoms with Crippen molar-refractivity contribution in [1.29, 1.82) is 0 Å². The van der Waals surface area contributed by atoms with Gasteiger partial charge >= 0.3 is 6.09 Å². The molecule has 2 amide bonds. The van der Waals surface area contributed by atoms with Crippen LogP contribution in [0, 0.1) is 0 Å². The van der Waals surface area contributed by atoms with E-state index in [1.807, 2.05) is 37.8 Å². The lowest BCUT2D eigenvalue weighted by atomic mass is 9.91. The molecule has 8 heteroatoms. The Kier molecular flexibility index (Phi) is 6.88. The first-order valence-corrected chi connectivity index (χ1v) is 11.9. The monoisotopic (exact) mass is 444 g/mol. The van der Waals surface area contributed by atoms with Crippen LogP contribution in [0.2, 0.25) is 0 Å².